The highest BCUT2D eigenvalue weighted by Gasteiger charge is 2.12. The highest BCUT2D eigenvalue weighted by Crippen LogP contribution is 2.28. The van der Waals surface area contributed by atoms with Crippen LogP contribution in [0.1, 0.15) is 11.3 Å². The largest absolute Gasteiger partial charge is 0.493 e. The van der Waals surface area contributed by atoms with Crippen molar-refractivity contribution in [1.29, 1.82) is 5.26 Å². The van der Waals surface area contributed by atoms with Gasteiger partial charge in [0.1, 0.15) is 23.3 Å². The van der Waals surface area contributed by atoms with E-state index in [1.54, 1.807) is 0 Å². The van der Waals surface area contributed by atoms with Crippen LogP contribution in [-0.2, 0) is 6.42 Å². The zero-order valence-electron chi connectivity index (χ0n) is 9.93. The van der Waals surface area contributed by atoms with Crippen molar-refractivity contribution in [2.45, 2.75) is 6.42 Å². The minimum atomic E-state index is -0.550. The van der Waals surface area contributed by atoms with Crippen LogP contribution >= 0.6 is 0 Å². The van der Waals surface area contributed by atoms with E-state index in [1.807, 2.05) is 24.3 Å². The third kappa shape index (κ3) is 2.26. The maximum absolute atomic E-state index is 11.3. The summed E-state index contributed by atoms with van der Waals surface area (Å²) in [5, 5.41) is 11.8. The number of hydrogen-bond donors (Lipinski definition) is 2. The summed E-state index contributed by atoms with van der Waals surface area (Å²) >= 11 is 0. The molecule has 6 nitrogen and oxygen atoms in total. The Labute approximate surface area is 108 Å². The Bertz CT molecular complexity index is 730. The number of nitrogens with one attached hydrogen (secondary N) is 2. The van der Waals surface area contributed by atoms with Gasteiger partial charge < -0.3 is 10.1 Å². The molecule has 3 rings (SSSR count). The van der Waals surface area contributed by atoms with Crippen molar-refractivity contribution >= 4 is 11.5 Å². The molecule has 1 aromatic carbocycles. The molecule has 0 atom stereocenters. The van der Waals surface area contributed by atoms with Gasteiger partial charge in [-0.2, -0.15) is 10.2 Å². The molecule has 0 fully saturated rings. The lowest BCUT2D eigenvalue weighted by molar-refractivity contribution is 0.357. The normalized spacial score (nSPS) is 12.4. The summed E-state index contributed by atoms with van der Waals surface area (Å²) in [6, 6.07) is 9.05. The molecule has 2 aromatic rings. The van der Waals surface area contributed by atoms with Crippen molar-refractivity contribution in [1.82, 2.24) is 9.97 Å². The third-order valence-corrected chi connectivity index (χ3v) is 2.83. The lowest BCUT2D eigenvalue weighted by Crippen LogP contribution is -2.13. The predicted molar refractivity (Wildman–Crippen MR) is 68.5 cm³/mol. The van der Waals surface area contributed by atoms with Crippen molar-refractivity contribution in [3.05, 3.63) is 46.0 Å². The van der Waals surface area contributed by atoms with Crippen LogP contribution in [0.25, 0.3) is 0 Å². The molecule has 1 aliphatic rings. The number of anilines is 2. The quantitative estimate of drug-likeness (QED) is 0.843. The fourth-order valence-electron chi connectivity index (χ4n) is 1.99. The van der Waals surface area contributed by atoms with E-state index in [1.165, 1.54) is 6.07 Å². The van der Waals surface area contributed by atoms with Crippen LogP contribution in [0, 0.1) is 11.3 Å². The van der Waals surface area contributed by atoms with Crippen LogP contribution in [0.3, 0.4) is 0 Å². The summed E-state index contributed by atoms with van der Waals surface area (Å²) in [5.74, 6) is 1.24. The monoisotopic (exact) mass is 254 g/mol. The van der Waals surface area contributed by atoms with E-state index in [0.717, 1.165) is 23.4 Å². The molecule has 0 radical (unpaired) electrons. The van der Waals surface area contributed by atoms with Crippen molar-refractivity contribution in [3.8, 4) is 11.8 Å². The molecule has 0 saturated heterocycles. The first-order valence-corrected chi connectivity index (χ1v) is 5.79. The zero-order chi connectivity index (χ0) is 13.2. The van der Waals surface area contributed by atoms with Crippen molar-refractivity contribution in [2.75, 3.05) is 11.9 Å². The number of nitriles is 1. The Morgan fingerprint density at radius 2 is 2.32 bits per heavy atom. The number of aromatic nitrogens is 2. The van der Waals surface area contributed by atoms with E-state index in [2.05, 4.69) is 15.3 Å². The first-order valence-electron chi connectivity index (χ1n) is 5.79. The van der Waals surface area contributed by atoms with Crippen LogP contribution in [0.4, 0.5) is 11.5 Å². The van der Waals surface area contributed by atoms with Gasteiger partial charge in [0.2, 0.25) is 0 Å². The van der Waals surface area contributed by atoms with Gasteiger partial charge in [-0.1, -0.05) is 0 Å². The molecule has 1 aromatic heterocycles. The second-order valence-electron chi connectivity index (χ2n) is 4.14. The van der Waals surface area contributed by atoms with Crippen LogP contribution < -0.4 is 15.7 Å². The molecular weight excluding hydrogens is 244 g/mol. The van der Waals surface area contributed by atoms with E-state index >= 15 is 0 Å². The van der Waals surface area contributed by atoms with Gasteiger partial charge in [0.15, 0.2) is 0 Å². The van der Waals surface area contributed by atoms with Crippen LogP contribution in [0.2, 0.25) is 0 Å². The number of hydrogen-bond acceptors (Lipinski definition) is 5. The van der Waals surface area contributed by atoms with Crippen LogP contribution in [0.5, 0.6) is 5.75 Å². The first-order chi connectivity index (χ1) is 9.24. The van der Waals surface area contributed by atoms with E-state index in [4.69, 9.17) is 10.00 Å². The molecule has 0 saturated carbocycles. The average molecular weight is 254 g/mol. The molecular formula is C13H10N4O2. The second-order valence-corrected chi connectivity index (χ2v) is 4.14. The Morgan fingerprint density at radius 3 is 3.16 bits per heavy atom. The summed E-state index contributed by atoms with van der Waals surface area (Å²) in [6.45, 7) is 0.695. The van der Waals surface area contributed by atoms with Gasteiger partial charge in [-0.25, -0.2) is 4.79 Å². The first kappa shape index (κ1) is 11.3. The summed E-state index contributed by atoms with van der Waals surface area (Å²) in [5.41, 5.74) is 1.56. The molecule has 0 unspecified atom stereocenters. The fraction of sp³-hybridized carbons (Fsp3) is 0.154. The Hall–Kier alpha value is -2.81. The number of ether oxygens (including phenoxy) is 1. The van der Waals surface area contributed by atoms with Crippen molar-refractivity contribution in [3.63, 3.8) is 0 Å². The van der Waals surface area contributed by atoms with Crippen LogP contribution in [-0.4, -0.2) is 16.6 Å². The van der Waals surface area contributed by atoms with E-state index in [9.17, 15) is 4.79 Å². The van der Waals surface area contributed by atoms with Crippen molar-refractivity contribution < 1.29 is 4.74 Å². The van der Waals surface area contributed by atoms with Gasteiger partial charge in [0, 0.05) is 18.2 Å². The fourth-order valence-corrected chi connectivity index (χ4v) is 1.99. The third-order valence-electron chi connectivity index (χ3n) is 2.83. The summed E-state index contributed by atoms with van der Waals surface area (Å²) < 4.78 is 5.42. The van der Waals surface area contributed by atoms with Gasteiger partial charge in [-0.3, -0.25) is 4.98 Å². The second kappa shape index (κ2) is 4.46. The van der Waals surface area contributed by atoms with Gasteiger partial charge in [-0.15, -0.1) is 0 Å². The molecule has 0 bridgehead atoms. The minimum Gasteiger partial charge on any atom is -0.493 e. The lowest BCUT2D eigenvalue weighted by Gasteiger charge is -2.06. The Morgan fingerprint density at radius 1 is 1.42 bits per heavy atom. The topological polar surface area (TPSA) is 90.8 Å². The van der Waals surface area contributed by atoms with Gasteiger partial charge >= 0.3 is 5.69 Å². The molecule has 19 heavy (non-hydrogen) atoms. The van der Waals surface area contributed by atoms with Gasteiger partial charge in [-0.05, 0) is 23.8 Å². The van der Waals surface area contributed by atoms with E-state index in [0.29, 0.717) is 12.4 Å². The molecule has 1 aliphatic heterocycles. The number of fused-ring (bicyclic) bond motifs is 1. The average Bonchev–Trinajstić information content (AvgIpc) is 2.85. The summed E-state index contributed by atoms with van der Waals surface area (Å²) in [7, 11) is 0. The summed E-state index contributed by atoms with van der Waals surface area (Å²) in [4.78, 5) is 17.4. The molecule has 2 heterocycles. The van der Waals surface area contributed by atoms with Gasteiger partial charge in [0.25, 0.3) is 0 Å². The SMILES string of the molecule is N#Cc1cc(Nc2ccc3c(c2)CCO3)nc(=O)[nH]1. The number of rotatable bonds is 2. The van der Waals surface area contributed by atoms with Crippen LogP contribution in [0.15, 0.2) is 29.1 Å². The maximum Gasteiger partial charge on any atom is 0.347 e. The number of benzene rings is 1. The highest BCUT2D eigenvalue weighted by atomic mass is 16.5. The molecule has 0 amide bonds. The Balaban J connectivity index is 1.91. The molecule has 0 spiro atoms. The Kier molecular flexibility index (Phi) is 2.65. The standard InChI is InChI=1S/C13H10N4O2/c14-7-10-6-12(17-13(18)16-10)15-9-1-2-11-8(5-9)3-4-19-11/h1-2,5-6H,3-4H2,(H2,15,16,17,18). The number of nitrogens with zero attached hydrogens (tertiary/aromatic N) is 2. The number of aromatic amines is 1. The molecule has 94 valence electrons. The maximum atomic E-state index is 11.3. The number of H-pyrrole nitrogens is 1. The van der Waals surface area contributed by atoms with E-state index < -0.39 is 5.69 Å². The molecule has 6 heteroatoms. The minimum absolute atomic E-state index is 0.173. The smallest absolute Gasteiger partial charge is 0.347 e. The van der Waals surface area contributed by atoms with E-state index in [-0.39, 0.29) is 5.69 Å². The predicted octanol–water partition coefficient (Wildman–Crippen LogP) is 1.32. The zero-order valence-corrected chi connectivity index (χ0v) is 9.93. The summed E-state index contributed by atoms with van der Waals surface area (Å²) in [6.07, 6.45) is 0.872. The molecule has 0 aliphatic carbocycles. The van der Waals surface area contributed by atoms with Gasteiger partial charge in [0.05, 0.1) is 6.61 Å². The highest BCUT2D eigenvalue weighted by molar-refractivity contribution is 5.60. The van der Waals surface area contributed by atoms with Crippen molar-refractivity contribution in [2.24, 2.45) is 0 Å². The molecule has 2 N–H and O–H groups in total. The lowest BCUT2D eigenvalue weighted by atomic mass is 10.1.